The summed E-state index contributed by atoms with van der Waals surface area (Å²) in [5, 5.41) is 8.72. The summed E-state index contributed by atoms with van der Waals surface area (Å²) < 4.78 is 5.33. The lowest BCUT2D eigenvalue weighted by atomic mass is 10.0. The number of likely N-dealkylation sites (tertiary alicyclic amines) is 1. The van der Waals surface area contributed by atoms with Gasteiger partial charge in [-0.05, 0) is 40.0 Å². The minimum absolute atomic E-state index is 0.0357. The summed E-state index contributed by atoms with van der Waals surface area (Å²) in [6.45, 7) is 6.28. The molecule has 1 unspecified atom stereocenters. The Kier molecular flexibility index (Phi) is 4.17. The maximum Gasteiger partial charge on any atom is 0.410 e. The standard InChI is InChI=1S/C12H20N2O2/c1-12(2,3)16-11(15)14-9-5-4-6-10(14)7-8-13/h10H,4-7,9H2,1-3H3. The Balaban J connectivity index is 2.61. The highest BCUT2D eigenvalue weighted by Crippen LogP contribution is 2.21. The molecule has 16 heavy (non-hydrogen) atoms. The van der Waals surface area contributed by atoms with Crippen LogP contribution in [0.5, 0.6) is 0 Å². The molecule has 0 aliphatic carbocycles. The van der Waals surface area contributed by atoms with Crippen molar-refractivity contribution in [1.29, 1.82) is 5.26 Å². The number of carbonyl (C=O) groups excluding carboxylic acids is 1. The number of nitrogens with zero attached hydrogens (tertiary/aromatic N) is 2. The zero-order valence-electron chi connectivity index (χ0n) is 10.3. The second-order valence-corrected chi connectivity index (χ2v) is 5.19. The fourth-order valence-electron chi connectivity index (χ4n) is 1.88. The van der Waals surface area contributed by atoms with Gasteiger partial charge in [0.1, 0.15) is 5.60 Å². The van der Waals surface area contributed by atoms with E-state index in [2.05, 4.69) is 6.07 Å². The van der Waals surface area contributed by atoms with Crippen molar-refractivity contribution in [1.82, 2.24) is 4.90 Å². The summed E-state index contributed by atoms with van der Waals surface area (Å²) in [4.78, 5) is 13.6. The van der Waals surface area contributed by atoms with Crippen LogP contribution in [0.3, 0.4) is 0 Å². The van der Waals surface area contributed by atoms with Crippen LogP contribution in [0.4, 0.5) is 4.79 Å². The second-order valence-electron chi connectivity index (χ2n) is 5.19. The smallest absolute Gasteiger partial charge is 0.410 e. The largest absolute Gasteiger partial charge is 0.444 e. The number of amides is 1. The van der Waals surface area contributed by atoms with Crippen LogP contribution in [0.25, 0.3) is 0 Å². The molecule has 0 saturated carbocycles. The monoisotopic (exact) mass is 224 g/mol. The van der Waals surface area contributed by atoms with Crippen molar-refractivity contribution < 1.29 is 9.53 Å². The van der Waals surface area contributed by atoms with E-state index in [1.807, 2.05) is 20.8 Å². The number of rotatable bonds is 1. The summed E-state index contributed by atoms with van der Waals surface area (Å²) in [7, 11) is 0. The van der Waals surface area contributed by atoms with Gasteiger partial charge in [0.15, 0.2) is 0 Å². The third-order valence-electron chi connectivity index (χ3n) is 2.58. The van der Waals surface area contributed by atoms with Gasteiger partial charge in [-0.25, -0.2) is 4.79 Å². The zero-order valence-corrected chi connectivity index (χ0v) is 10.3. The Morgan fingerprint density at radius 2 is 2.19 bits per heavy atom. The molecule has 1 heterocycles. The van der Waals surface area contributed by atoms with Crippen LogP contribution in [0.2, 0.25) is 0 Å². The van der Waals surface area contributed by atoms with Crippen molar-refractivity contribution in [2.75, 3.05) is 6.54 Å². The van der Waals surface area contributed by atoms with Crippen LogP contribution < -0.4 is 0 Å². The molecular weight excluding hydrogens is 204 g/mol. The third kappa shape index (κ3) is 3.73. The molecule has 0 radical (unpaired) electrons. The van der Waals surface area contributed by atoms with E-state index in [0.717, 1.165) is 19.3 Å². The highest BCUT2D eigenvalue weighted by molar-refractivity contribution is 5.68. The summed E-state index contributed by atoms with van der Waals surface area (Å²) in [5.74, 6) is 0. The molecule has 0 bridgehead atoms. The van der Waals surface area contributed by atoms with Crippen LogP contribution in [-0.4, -0.2) is 29.2 Å². The lowest BCUT2D eigenvalue weighted by Crippen LogP contribution is -2.45. The van der Waals surface area contributed by atoms with Crippen molar-refractivity contribution in [2.24, 2.45) is 0 Å². The molecule has 0 aromatic rings. The fraction of sp³-hybridized carbons (Fsp3) is 0.833. The first-order chi connectivity index (χ1) is 7.44. The quantitative estimate of drug-likeness (QED) is 0.688. The van der Waals surface area contributed by atoms with Crippen LogP contribution in [-0.2, 0) is 4.74 Å². The molecule has 1 aliphatic heterocycles. The molecule has 1 atom stereocenters. The lowest BCUT2D eigenvalue weighted by molar-refractivity contribution is 0.0104. The molecule has 1 fully saturated rings. The first kappa shape index (κ1) is 12.8. The molecule has 0 N–H and O–H groups in total. The van der Waals surface area contributed by atoms with Gasteiger partial charge >= 0.3 is 6.09 Å². The van der Waals surface area contributed by atoms with Gasteiger partial charge in [0, 0.05) is 12.6 Å². The number of carbonyl (C=O) groups is 1. The molecule has 0 aromatic carbocycles. The minimum atomic E-state index is -0.467. The summed E-state index contributed by atoms with van der Waals surface area (Å²) in [5.41, 5.74) is -0.467. The van der Waals surface area contributed by atoms with E-state index in [1.54, 1.807) is 4.90 Å². The van der Waals surface area contributed by atoms with E-state index >= 15 is 0 Å². The van der Waals surface area contributed by atoms with Crippen molar-refractivity contribution in [3.05, 3.63) is 0 Å². The van der Waals surface area contributed by atoms with Gasteiger partial charge < -0.3 is 9.64 Å². The molecule has 1 amide bonds. The van der Waals surface area contributed by atoms with Crippen molar-refractivity contribution in [2.45, 2.75) is 58.1 Å². The molecule has 4 heteroatoms. The van der Waals surface area contributed by atoms with E-state index < -0.39 is 5.60 Å². The van der Waals surface area contributed by atoms with Gasteiger partial charge in [-0.3, -0.25) is 0 Å². The van der Waals surface area contributed by atoms with Crippen molar-refractivity contribution in [3.63, 3.8) is 0 Å². The van der Waals surface area contributed by atoms with Gasteiger partial charge in [-0.1, -0.05) is 0 Å². The van der Waals surface area contributed by atoms with Crippen LogP contribution in [0.15, 0.2) is 0 Å². The molecule has 1 saturated heterocycles. The molecule has 1 aliphatic rings. The van der Waals surface area contributed by atoms with Gasteiger partial charge in [0.25, 0.3) is 0 Å². The molecule has 1 rings (SSSR count). The zero-order chi connectivity index (χ0) is 12.2. The van der Waals surface area contributed by atoms with Gasteiger partial charge in [-0.2, -0.15) is 5.26 Å². The second kappa shape index (κ2) is 5.20. The van der Waals surface area contributed by atoms with Crippen LogP contribution in [0.1, 0.15) is 46.5 Å². The molecule has 0 spiro atoms. The Bertz CT molecular complexity index is 288. The number of nitriles is 1. The lowest BCUT2D eigenvalue weighted by Gasteiger charge is -2.35. The van der Waals surface area contributed by atoms with Gasteiger partial charge in [0.2, 0.25) is 0 Å². The van der Waals surface area contributed by atoms with Crippen LogP contribution in [0, 0.1) is 11.3 Å². The van der Waals surface area contributed by atoms with E-state index in [1.165, 1.54) is 0 Å². The SMILES string of the molecule is CC(C)(C)OC(=O)N1CCCCC1CC#N. The number of hydrogen-bond donors (Lipinski definition) is 0. The van der Waals surface area contributed by atoms with Crippen molar-refractivity contribution in [3.8, 4) is 6.07 Å². The predicted molar refractivity (Wildman–Crippen MR) is 60.8 cm³/mol. The highest BCUT2D eigenvalue weighted by Gasteiger charge is 2.29. The summed E-state index contributed by atoms with van der Waals surface area (Å²) in [6, 6.07) is 2.17. The molecule has 4 nitrogen and oxygen atoms in total. The number of hydrogen-bond acceptors (Lipinski definition) is 3. The Morgan fingerprint density at radius 3 is 2.75 bits per heavy atom. The number of ether oxygens (including phenoxy) is 1. The first-order valence-electron chi connectivity index (χ1n) is 5.80. The summed E-state index contributed by atoms with van der Waals surface area (Å²) >= 11 is 0. The molecule has 0 aromatic heterocycles. The fourth-order valence-corrected chi connectivity index (χ4v) is 1.88. The minimum Gasteiger partial charge on any atom is -0.444 e. The number of piperidine rings is 1. The average Bonchev–Trinajstić information content (AvgIpc) is 2.16. The van der Waals surface area contributed by atoms with Crippen molar-refractivity contribution >= 4 is 6.09 Å². The molecular formula is C12H20N2O2. The van der Waals surface area contributed by atoms with E-state index in [4.69, 9.17) is 10.00 Å². The van der Waals surface area contributed by atoms with E-state index in [9.17, 15) is 4.79 Å². The summed E-state index contributed by atoms with van der Waals surface area (Å²) in [6.07, 6.45) is 3.12. The Hall–Kier alpha value is -1.24. The van der Waals surface area contributed by atoms with Crippen LogP contribution >= 0.6 is 0 Å². The van der Waals surface area contributed by atoms with E-state index in [-0.39, 0.29) is 12.1 Å². The normalized spacial score (nSPS) is 21.4. The Morgan fingerprint density at radius 1 is 1.50 bits per heavy atom. The van der Waals surface area contributed by atoms with Gasteiger partial charge in [0.05, 0.1) is 12.5 Å². The predicted octanol–water partition coefficient (Wildman–Crippen LogP) is 2.69. The maximum atomic E-state index is 11.9. The maximum absolute atomic E-state index is 11.9. The topological polar surface area (TPSA) is 53.3 Å². The average molecular weight is 224 g/mol. The Labute approximate surface area is 97.2 Å². The highest BCUT2D eigenvalue weighted by atomic mass is 16.6. The van der Waals surface area contributed by atoms with Gasteiger partial charge in [-0.15, -0.1) is 0 Å². The molecule has 90 valence electrons. The van der Waals surface area contributed by atoms with E-state index in [0.29, 0.717) is 13.0 Å². The first-order valence-corrected chi connectivity index (χ1v) is 5.80. The third-order valence-corrected chi connectivity index (χ3v) is 2.58.